The Morgan fingerprint density at radius 3 is 2.68 bits per heavy atom. The predicted molar refractivity (Wildman–Crippen MR) is 76.9 cm³/mol. The lowest BCUT2D eigenvalue weighted by atomic mass is 10.2. The van der Waals surface area contributed by atoms with Crippen LogP contribution in [-0.4, -0.2) is 19.2 Å². The molecule has 0 aliphatic heterocycles. The lowest BCUT2D eigenvalue weighted by Gasteiger charge is -2.12. The number of aromatic nitrogens is 1. The number of thiophene rings is 1. The van der Waals surface area contributed by atoms with Crippen LogP contribution in [0.1, 0.15) is 16.8 Å². The first-order valence-electron chi connectivity index (χ1n) is 6.04. The number of ether oxygens (including phenoxy) is 2. The first-order chi connectivity index (χ1) is 9.26. The molecule has 0 fully saturated rings. The molecule has 0 saturated carbocycles. The van der Waals surface area contributed by atoms with E-state index < -0.39 is 0 Å². The van der Waals surface area contributed by atoms with Crippen LogP contribution in [0.15, 0.2) is 23.0 Å². The Morgan fingerprint density at radius 2 is 2.05 bits per heavy atom. The Hall–Kier alpha value is -1.59. The smallest absolute Gasteiger partial charge is 0.183 e. The van der Waals surface area contributed by atoms with Gasteiger partial charge in [-0.25, -0.2) is 0 Å². The van der Waals surface area contributed by atoms with Crippen molar-refractivity contribution in [3.63, 3.8) is 0 Å². The zero-order chi connectivity index (χ0) is 13.7. The van der Waals surface area contributed by atoms with E-state index in [-0.39, 0.29) is 0 Å². The molecule has 0 radical (unpaired) electrons. The summed E-state index contributed by atoms with van der Waals surface area (Å²) in [4.78, 5) is 4.33. The van der Waals surface area contributed by atoms with Gasteiger partial charge < -0.3 is 14.8 Å². The third-order valence-electron chi connectivity index (χ3n) is 2.94. The van der Waals surface area contributed by atoms with Gasteiger partial charge in [-0.1, -0.05) is 0 Å². The summed E-state index contributed by atoms with van der Waals surface area (Å²) in [7, 11) is 3.26. The maximum absolute atomic E-state index is 5.35. The number of aryl methyl sites for hydroxylation is 1. The second-order valence-electron chi connectivity index (χ2n) is 4.18. The summed E-state index contributed by atoms with van der Waals surface area (Å²) in [5.41, 5.74) is 3.50. The summed E-state index contributed by atoms with van der Waals surface area (Å²) >= 11 is 1.73. The summed E-state index contributed by atoms with van der Waals surface area (Å²) in [6.45, 7) is 3.60. The highest BCUT2D eigenvalue weighted by molar-refractivity contribution is 7.08. The summed E-state index contributed by atoms with van der Waals surface area (Å²) in [6.07, 6.45) is 1.73. The van der Waals surface area contributed by atoms with Gasteiger partial charge in [-0.2, -0.15) is 11.3 Å². The first kappa shape index (κ1) is 13.8. The van der Waals surface area contributed by atoms with Crippen LogP contribution < -0.4 is 14.8 Å². The van der Waals surface area contributed by atoms with E-state index in [2.05, 4.69) is 28.0 Å². The van der Waals surface area contributed by atoms with Gasteiger partial charge in [0, 0.05) is 25.4 Å². The highest BCUT2D eigenvalue weighted by Gasteiger charge is 2.10. The third kappa shape index (κ3) is 3.24. The Balaban J connectivity index is 2.01. The summed E-state index contributed by atoms with van der Waals surface area (Å²) < 4.78 is 10.6. The molecule has 0 amide bonds. The summed E-state index contributed by atoms with van der Waals surface area (Å²) in [5, 5.41) is 7.70. The summed E-state index contributed by atoms with van der Waals surface area (Å²) in [5.74, 6) is 1.40. The average molecular weight is 278 g/mol. The lowest BCUT2D eigenvalue weighted by Crippen LogP contribution is -2.14. The van der Waals surface area contributed by atoms with Crippen molar-refractivity contribution >= 4 is 11.3 Å². The second kappa shape index (κ2) is 6.54. The van der Waals surface area contributed by atoms with Crippen LogP contribution in [-0.2, 0) is 13.1 Å². The number of hydrogen-bond donors (Lipinski definition) is 1. The highest BCUT2D eigenvalue weighted by atomic mass is 32.1. The number of methoxy groups -OCH3 is 2. The molecule has 2 rings (SSSR count). The number of nitrogens with one attached hydrogen (secondary N) is 1. The SMILES string of the molecule is COc1ccnc(CNCc2cscc2C)c1OC. The van der Waals surface area contributed by atoms with Gasteiger partial charge in [0.2, 0.25) is 0 Å². The van der Waals surface area contributed by atoms with E-state index in [1.54, 1.807) is 37.8 Å². The van der Waals surface area contributed by atoms with Crippen molar-refractivity contribution < 1.29 is 9.47 Å². The van der Waals surface area contributed by atoms with Gasteiger partial charge in [0.1, 0.15) is 0 Å². The molecule has 0 aliphatic carbocycles. The zero-order valence-corrected chi connectivity index (χ0v) is 12.2. The van der Waals surface area contributed by atoms with Gasteiger partial charge in [0.05, 0.1) is 19.9 Å². The van der Waals surface area contributed by atoms with Crippen LogP contribution in [0.25, 0.3) is 0 Å². The standard InChI is InChI=1S/C14H18N2O2S/c1-10-8-19-9-11(10)6-15-7-12-14(18-3)13(17-2)4-5-16-12/h4-5,8-9,15H,6-7H2,1-3H3. The maximum atomic E-state index is 5.35. The quantitative estimate of drug-likeness (QED) is 0.882. The van der Waals surface area contributed by atoms with Crippen LogP contribution in [0.4, 0.5) is 0 Å². The molecule has 0 atom stereocenters. The largest absolute Gasteiger partial charge is 0.493 e. The number of nitrogens with zero attached hydrogens (tertiary/aromatic N) is 1. The molecule has 0 aliphatic rings. The third-order valence-corrected chi connectivity index (χ3v) is 3.85. The molecule has 0 saturated heterocycles. The monoisotopic (exact) mass is 278 g/mol. The van der Waals surface area contributed by atoms with E-state index in [1.165, 1.54) is 11.1 Å². The normalized spacial score (nSPS) is 10.5. The van der Waals surface area contributed by atoms with Crippen LogP contribution in [0, 0.1) is 6.92 Å². The minimum Gasteiger partial charge on any atom is -0.493 e. The van der Waals surface area contributed by atoms with Gasteiger partial charge in [0.15, 0.2) is 11.5 Å². The minimum atomic E-state index is 0.648. The molecule has 102 valence electrons. The Bertz CT molecular complexity index is 540. The van der Waals surface area contributed by atoms with Crippen molar-refractivity contribution in [2.45, 2.75) is 20.0 Å². The van der Waals surface area contributed by atoms with Crippen LogP contribution in [0.5, 0.6) is 11.5 Å². The molecular weight excluding hydrogens is 260 g/mol. The van der Waals surface area contributed by atoms with E-state index in [0.717, 1.165) is 12.2 Å². The van der Waals surface area contributed by atoms with Gasteiger partial charge >= 0.3 is 0 Å². The molecule has 2 aromatic heterocycles. The van der Waals surface area contributed by atoms with E-state index in [4.69, 9.17) is 9.47 Å². The Labute approximate surface area is 117 Å². The van der Waals surface area contributed by atoms with Crippen LogP contribution in [0.2, 0.25) is 0 Å². The zero-order valence-electron chi connectivity index (χ0n) is 11.4. The maximum Gasteiger partial charge on any atom is 0.183 e. The minimum absolute atomic E-state index is 0.648. The molecule has 19 heavy (non-hydrogen) atoms. The van der Waals surface area contributed by atoms with Gasteiger partial charge in [-0.05, 0) is 28.8 Å². The molecule has 2 heterocycles. The van der Waals surface area contributed by atoms with E-state index in [1.807, 2.05) is 0 Å². The number of rotatable bonds is 6. The van der Waals surface area contributed by atoms with Crippen LogP contribution >= 0.6 is 11.3 Å². The molecule has 5 heteroatoms. The van der Waals surface area contributed by atoms with Crippen molar-refractivity contribution in [3.05, 3.63) is 39.8 Å². The first-order valence-corrected chi connectivity index (χ1v) is 6.98. The topological polar surface area (TPSA) is 43.4 Å². The van der Waals surface area contributed by atoms with Crippen molar-refractivity contribution in [2.75, 3.05) is 14.2 Å². The second-order valence-corrected chi connectivity index (χ2v) is 4.92. The fraction of sp³-hybridized carbons (Fsp3) is 0.357. The average Bonchev–Trinajstić information content (AvgIpc) is 2.84. The van der Waals surface area contributed by atoms with E-state index >= 15 is 0 Å². The lowest BCUT2D eigenvalue weighted by molar-refractivity contribution is 0.348. The molecular formula is C14H18N2O2S. The van der Waals surface area contributed by atoms with Crippen LogP contribution in [0.3, 0.4) is 0 Å². The molecule has 0 aromatic carbocycles. The van der Waals surface area contributed by atoms with Crippen molar-refractivity contribution in [1.82, 2.24) is 10.3 Å². The summed E-state index contributed by atoms with van der Waals surface area (Å²) in [6, 6.07) is 1.80. The van der Waals surface area contributed by atoms with Gasteiger partial charge in [0.25, 0.3) is 0 Å². The van der Waals surface area contributed by atoms with E-state index in [9.17, 15) is 0 Å². The van der Waals surface area contributed by atoms with Gasteiger partial charge in [-0.15, -0.1) is 0 Å². The highest BCUT2D eigenvalue weighted by Crippen LogP contribution is 2.28. The molecule has 1 N–H and O–H groups in total. The molecule has 4 nitrogen and oxygen atoms in total. The van der Waals surface area contributed by atoms with Crippen molar-refractivity contribution in [1.29, 1.82) is 0 Å². The van der Waals surface area contributed by atoms with Crippen molar-refractivity contribution in [2.24, 2.45) is 0 Å². The molecule has 0 unspecified atom stereocenters. The fourth-order valence-corrected chi connectivity index (χ4v) is 2.72. The Kier molecular flexibility index (Phi) is 4.76. The molecule has 0 bridgehead atoms. The van der Waals surface area contributed by atoms with Crippen molar-refractivity contribution in [3.8, 4) is 11.5 Å². The number of hydrogen-bond acceptors (Lipinski definition) is 5. The molecule has 0 spiro atoms. The van der Waals surface area contributed by atoms with E-state index in [0.29, 0.717) is 18.0 Å². The fourth-order valence-electron chi connectivity index (χ4n) is 1.86. The predicted octanol–water partition coefficient (Wildman–Crippen LogP) is 2.76. The van der Waals surface area contributed by atoms with Gasteiger partial charge in [-0.3, -0.25) is 4.98 Å². The number of pyridine rings is 1. The Morgan fingerprint density at radius 1 is 1.21 bits per heavy atom. The molecule has 2 aromatic rings.